The first-order chi connectivity index (χ1) is 10.2. The predicted octanol–water partition coefficient (Wildman–Crippen LogP) is 1.86. The highest BCUT2D eigenvalue weighted by molar-refractivity contribution is 7.12. The molecule has 0 radical (unpaired) electrons. The standard InChI is InChI=1S/C14H13N3O3S/c1-20-11-4-5-21-12(11)13(18)15-7-8-2-3-9-10(6-8)17-14(19)16-9/h2-6H,7H2,1H3,(H,15,18)(H2,16,17,19). The molecule has 1 amide bonds. The van der Waals surface area contributed by atoms with Crippen molar-refractivity contribution in [3.8, 4) is 5.75 Å². The minimum absolute atomic E-state index is 0.176. The number of amides is 1. The molecule has 6 nitrogen and oxygen atoms in total. The normalized spacial score (nSPS) is 10.7. The number of rotatable bonds is 4. The highest BCUT2D eigenvalue weighted by atomic mass is 32.1. The van der Waals surface area contributed by atoms with Crippen molar-refractivity contribution in [2.45, 2.75) is 6.54 Å². The van der Waals surface area contributed by atoms with Crippen molar-refractivity contribution in [1.29, 1.82) is 0 Å². The quantitative estimate of drug-likeness (QED) is 0.687. The smallest absolute Gasteiger partial charge is 0.323 e. The minimum atomic E-state index is -0.241. The Morgan fingerprint density at radius 1 is 1.29 bits per heavy atom. The topological polar surface area (TPSA) is 87.0 Å². The van der Waals surface area contributed by atoms with Gasteiger partial charge in [0.05, 0.1) is 18.1 Å². The van der Waals surface area contributed by atoms with Gasteiger partial charge >= 0.3 is 5.69 Å². The molecule has 0 fully saturated rings. The van der Waals surface area contributed by atoms with E-state index in [9.17, 15) is 9.59 Å². The summed E-state index contributed by atoms with van der Waals surface area (Å²) in [6, 6.07) is 7.26. The van der Waals surface area contributed by atoms with E-state index in [2.05, 4.69) is 15.3 Å². The number of aromatic nitrogens is 2. The number of aromatic amines is 2. The fourth-order valence-electron chi connectivity index (χ4n) is 2.08. The average Bonchev–Trinajstić information content (AvgIpc) is 3.08. The lowest BCUT2D eigenvalue weighted by atomic mass is 10.2. The van der Waals surface area contributed by atoms with Crippen molar-refractivity contribution < 1.29 is 9.53 Å². The maximum atomic E-state index is 12.1. The summed E-state index contributed by atoms with van der Waals surface area (Å²) in [5, 5.41) is 4.65. The van der Waals surface area contributed by atoms with Crippen molar-refractivity contribution in [3.05, 3.63) is 50.6 Å². The molecule has 0 saturated heterocycles. The third-order valence-electron chi connectivity index (χ3n) is 3.09. The van der Waals surface area contributed by atoms with E-state index in [-0.39, 0.29) is 11.6 Å². The van der Waals surface area contributed by atoms with Crippen LogP contribution in [-0.4, -0.2) is 23.0 Å². The molecule has 0 saturated carbocycles. The average molecular weight is 303 g/mol. The summed E-state index contributed by atoms with van der Waals surface area (Å²) in [5.74, 6) is 0.396. The van der Waals surface area contributed by atoms with Crippen molar-refractivity contribution in [1.82, 2.24) is 15.3 Å². The third kappa shape index (κ3) is 2.68. The maximum Gasteiger partial charge on any atom is 0.323 e. The molecule has 0 atom stereocenters. The number of thiophene rings is 1. The second-order valence-electron chi connectivity index (χ2n) is 4.46. The number of hydrogen-bond donors (Lipinski definition) is 3. The SMILES string of the molecule is COc1ccsc1C(=O)NCc1ccc2[nH]c(=O)[nH]c2c1. The molecule has 0 bridgehead atoms. The van der Waals surface area contributed by atoms with Crippen molar-refractivity contribution in [2.75, 3.05) is 7.11 Å². The summed E-state index contributed by atoms with van der Waals surface area (Å²) in [6.45, 7) is 0.378. The van der Waals surface area contributed by atoms with E-state index in [1.165, 1.54) is 18.4 Å². The van der Waals surface area contributed by atoms with Crippen LogP contribution in [0.2, 0.25) is 0 Å². The second-order valence-corrected chi connectivity index (χ2v) is 5.38. The van der Waals surface area contributed by atoms with E-state index in [1.807, 2.05) is 17.5 Å². The van der Waals surface area contributed by atoms with Crippen LogP contribution in [0, 0.1) is 0 Å². The van der Waals surface area contributed by atoms with E-state index < -0.39 is 0 Å². The fraction of sp³-hybridized carbons (Fsp3) is 0.143. The lowest BCUT2D eigenvalue weighted by Crippen LogP contribution is -2.22. The molecule has 7 heteroatoms. The van der Waals surface area contributed by atoms with Gasteiger partial charge in [-0.1, -0.05) is 6.07 Å². The Kier molecular flexibility index (Phi) is 3.49. The van der Waals surface area contributed by atoms with Crippen LogP contribution in [0.5, 0.6) is 5.75 Å². The summed E-state index contributed by atoms with van der Waals surface area (Å²) in [6.07, 6.45) is 0. The van der Waals surface area contributed by atoms with Gasteiger partial charge in [-0.2, -0.15) is 0 Å². The molecule has 1 aromatic carbocycles. The van der Waals surface area contributed by atoms with Crippen LogP contribution >= 0.6 is 11.3 Å². The molecule has 0 unspecified atom stereocenters. The van der Waals surface area contributed by atoms with Crippen molar-refractivity contribution in [2.24, 2.45) is 0 Å². The van der Waals surface area contributed by atoms with Crippen LogP contribution in [0.4, 0.5) is 0 Å². The fourth-order valence-corrected chi connectivity index (χ4v) is 2.85. The number of carbonyl (C=O) groups is 1. The Morgan fingerprint density at radius 3 is 2.90 bits per heavy atom. The second kappa shape index (κ2) is 5.45. The first-order valence-electron chi connectivity index (χ1n) is 6.28. The zero-order valence-electron chi connectivity index (χ0n) is 11.2. The predicted molar refractivity (Wildman–Crippen MR) is 81.0 cm³/mol. The van der Waals surface area contributed by atoms with E-state index in [1.54, 1.807) is 12.1 Å². The molecule has 0 spiro atoms. The number of H-pyrrole nitrogens is 2. The zero-order valence-corrected chi connectivity index (χ0v) is 12.0. The molecule has 0 aliphatic heterocycles. The Labute approximate surface area is 123 Å². The summed E-state index contributed by atoms with van der Waals surface area (Å²) >= 11 is 1.33. The first kappa shape index (κ1) is 13.4. The molecular formula is C14H13N3O3S. The monoisotopic (exact) mass is 303 g/mol. The lowest BCUT2D eigenvalue weighted by Gasteiger charge is -2.05. The van der Waals surface area contributed by atoms with E-state index in [0.717, 1.165) is 16.6 Å². The summed E-state index contributed by atoms with van der Waals surface area (Å²) in [4.78, 5) is 29.2. The third-order valence-corrected chi connectivity index (χ3v) is 3.98. The highest BCUT2D eigenvalue weighted by Gasteiger charge is 2.13. The number of nitrogens with one attached hydrogen (secondary N) is 3. The first-order valence-corrected chi connectivity index (χ1v) is 7.16. The maximum absolute atomic E-state index is 12.1. The largest absolute Gasteiger partial charge is 0.495 e. The molecule has 108 valence electrons. The minimum Gasteiger partial charge on any atom is -0.495 e. The number of hydrogen-bond acceptors (Lipinski definition) is 4. The van der Waals surface area contributed by atoms with Crippen molar-refractivity contribution >= 4 is 28.3 Å². The summed E-state index contributed by atoms with van der Waals surface area (Å²) < 4.78 is 5.12. The molecule has 3 N–H and O–H groups in total. The van der Waals surface area contributed by atoms with Gasteiger partial charge < -0.3 is 20.0 Å². The van der Waals surface area contributed by atoms with E-state index >= 15 is 0 Å². The van der Waals surface area contributed by atoms with Crippen LogP contribution in [0.15, 0.2) is 34.4 Å². The van der Waals surface area contributed by atoms with Crippen molar-refractivity contribution in [3.63, 3.8) is 0 Å². The van der Waals surface area contributed by atoms with E-state index in [4.69, 9.17) is 4.74 Å². The van der Waals surface area contributed by atoms with Gasteiger partial charge in [0.2, 0.25) is 0 Å². The highest BCUT2D eigenvalue weighted by Crippen LogP contribution is 2.24. The molecule has 2 heterocycles. The summed E-state index contributed by atoms with van der Waals surface area (Å²) in [7, 11) is 1.54. The van der Waals surface area contributed by atoms with Gasteiger partial charge in [-0.3, -0.25) is 4.79 Å². The number of ether oxygens (including phenoxy) is 1. The Morgan fingerprint density at radius 2 is 2.10 bits per heavy atom. The number of imidazole rings is 1. The van der Waals surface area contributed by atoms with Gasteiger partial charge in [-0.05, 0) is 29.1 Å². The van der Waals surface area contributed by atoms with Crippen LogP contribution in [0.3, 0.4) is 0 Å². The molecule has 0 aliphatic rings. The molecule has 21 heavy (non-hydrogen) atoms. The number of fused-ring (bicyclic) bond motifs is 1. The Balaban J connectivity index is 1.74. The summed E-state index contributed by atoms with van der Waals surface area (Å²) in [5.41, 5.74) is 2.13. The van der Waals surface area contributed by atoms with Gasteiger partial charge in [0.15, 0.2) is 0 Å². The van der Waals surface area contributed by atoms with Gasteiger partial charge in [-0.25, -0.2) is 4.79 Å². The van der Waals surface area contributed by atoms with Crippen LogP contribution < -0.4 is 15.7 Å². The van der Waals surface area contributed by atoms with Crippen LogP contribution in [0.1, 0.15) is 15.2 Å². The lowest BCUT2D eigenvalue weighted by molar-refractivity contribution is 0.0952. The molecule has 0 aliphatic carbocycles. The van der Waals surface area contributed by atoms with Crippen LogP contribution in [0.25, 0.3) is 11.0 Å². The number of carbonyl (C=O) groups excluding carboxylic acids is 1. The Hall–Kier alpha value is -2.54. The van der Waals surface area contributed by atoms with E-state index in [0.29, 0.717) is 17.2 Å². The number of methoxy groups -OCH3 is 1. The molecule has 3 aromatic rings. The Bertz CT molecular complexity index is 846. The van der Waals surface area contributed by atoms with Gasteiger partial charge in [-0.15, -0.1) is 11.3 Å². The molecule has 3 rings (SSSR count). The van der Waals surface area contributed by atoms with Gasteiger partial charge in [0.1, 0.15) is 10.6 Å². The number of benzene rings is 1. The van der Waals surface area contributed by atoms with Gasteiger partial charge in [0.25, 0.3) is 5.91 Å². The zero-order chi connectivity index (χ0) is 14.8. The molecule has 2 aromatic heterocycles. The van der Waals surface area contributed by atoms with Gasteiger partial charge in [0, 0.05) is 6.54 Å². The molecular weight excluding hydrogens is 290 g/mol. The van der Waals surface area contributed by atoms with Crippen LogP contribution in [-0.2, 0) is 6.54 Å².